The van der Waals surface area contributed by atoms with Gasteiger partial charge in [0.05, 0.1) is 5.56 Å². The molecule has 2 heterocycles. The number of aromatic nitrogens is 1. The lowest BCUT2D eigenvalue weighted by molar-refractivity contribution is 0.0487. The van der Waals surface area contributed by atoms with Crippen molar-refractivity contribution in [3.63, 3.8) is 0 Å². The number of hydrogen-bond acceptors (Lipinski definition) is 5. The highest BCUT2D eigenvalue weighted by molar-refractivity contribution is 14.1. The number of nitrogens with one attached hydrogen (secondary N) is 2. The molecule has 0 radical (unpaired) electrons. The minimum atomic E-state index is -0.687. The average molecular weight is 576 g/mol. The van der Waals surface area contributed by atoms with Crippen LogP contribution in [-0.4, -0.2) is 21.8 Å². The fourth-order valence-electron chi connectivity index (χ4n) is 3.86. The Kier molecular flexibility index (Phi) is 6.62. The quantitative estimate of drug-likeness (QED) is 0.310. The fraction of sp³-hybridized carbons (Fsp3) is 0.0741. The van der Waals surface area contributed by atoms with Crippen LogP contribution in [0.5, 0.6) is 5.75 Å². The molecule has 1 unspecified atom stereocenters. The molecular formula is C27H21IN4O3. The molecule has 1 atom stereocenters. The average Bonchev–Trinajstić information content (AvgIpc) is 2.90. The third kappa shape index (κ3) is 4.97. The summed E-state index contributed by atoms with van der Waals surface area (Å²) in [6.45, 7) is 0.372. The second-order valence-corrected chi connectivity index (χ2v) is 9.15. The molecule has 0 bridgehead atoms. The number of para-hydroxylation sites is 1. The number of rotatable bonds is 6. The van der Waals surface area contributed by atoms with Crippen molar-refractivity contribution in [2.75, 3.05) is 5.32 Å². The molecule has 7 nitrogen and oxygen atoms in total. The summed E-state index contributed by atoms with van der Waals surface area (Å²) in [4.78, 5) is 30.6. The van der Waals surface area contributed by atoms with Gasteiger partial charge in [0.2, 0.25) is 0 Å². The standard InChI is InChI=1S/C27H21IN4O3/c28-20-10-11-23-22(16-20)27(34)32(31-26(33)19-12-14-29-15-13-19)25(30-23)21-8-4-5-9-24(21)35-17-18-6-2-1-3-7-18/h1-16,25,30H,17H2,(H,31,33). The molecule has 0 saturated carbocycles. The van der Waals surface area contributed by atoms with Gasteiger partial charge in [0.1, 0.15) is 12.4 Å². The molecule has 5 rings (SSSR count). The number of ether oxygens (including phenoxy) is 1. The van der Waals surface area contributed by atoms with E-state index in [-0.39, 0.29) is 5.91 Å². The van der Waals surface area contributed by atoms with Crippen molar-refractivity contribution >= 4 is 40.1 Å². The predicted molar refractivity (Wildman–Crippen MR) is 141 cm³/mol. The van der Waals surface area contributed by atoms with Crippen LogP contribution in [0.2, 0.25) is 0 Å². The van der Waals surface area contributed by atoms with E-state index in [1.807, 2.05) is 66.7 Å². The number of pyridine rings is 1. The number of halogens is 1. The monoisotopic (exact) mass is 576 g/mol. The number of amides is 2. The second kappa shape index (κ2) is 10.1. The van der Waals surface area contributed by atoms with Gasteiger partial charge < -0.3 is 10.1 Å². The minimum Gasteiger partial charge on any atom is -0.488 e. The van der Waals surface area contributed by atoms with Crippen molar-refractivity contribution in [3.05, 3.63) is 123 Å². The number of carbonyl (C=O) groups excluding carboxylic acids is 2. The van der Waals surface area contributed by atoms with Crippen LogP contribution in [0.4, 0.5) is 5.69 Å². The number of carbonyl (C=O) groups is 2. The fourth-order valence-corrected chi connectivity index (χ4v) is 4.35. The highest BCUT2D eigenvalue weighted by Crippen LogP contribution is 2.36. The van der Waals surface area contributed by atoms with Crippen molar-refractivity contribution < 1.29 is 14.3 Å². The first-order chi connectivity index (χ1) is 17.1. The Morgan fingerprint density at radius 1 is 1.00 bits per heavy atom. The molecule has 0 aliphatic carbocycles. The summed E-state index contributed by atoms with van der Waals surface area (Å²) < 4.78 is 7.08. The van der Waals surface area contributed by atoms with Gasteiger partial charge in [0, 0.05) is 32.8 Å². The number of anilines is 1. The third-order valence-electron chi connectivity index (χ3n) is 5.60. The molecule has 8 heteroatoms. The minimum absolute atomic E-state index is 0.317. The molecule has 1 aliphatic heterocycles. The van der Waals surface area contributed by atoms with E-state index in [2.05, 4.69) is 38.3 Å². The number of fused-ring (bicyclic) bond motifs is 1. The molecule has 35 heavy (non-hydrogen) atoms. The first kappa shape index (κ1) is 22.9. The van der Waals surface area contributed by atoms with Gasteiger partial charge in [-0.05, 0) is 64.6 Å². The van der Waals surface area contributed by atoms with E-state index >= 15 is 0 Å². The molecule has 0 saturated heterocycles. The van der Waals surface area contributed by atoms with Crippen LogP contribution >= 0.6 is 22.6 Å². The lowest BCUT2D eigenvalue weighted by Crippen LogP contribution is -2.53. The number of hydrogen-bond donors (Lipinski definition) is 2. The lowest BCUT2D eigenvalue weighted by Gasteiger charge is -2.38. The first-order valence-corrected chi connectivity index (χ1v) is 12.0. The third-order valence-corrected chi connectivity index (χ3v) is 6.27. The predicted octanol–water partition coefficient (Wildman–Crippen LogP) is 5.18. The van der Waals surface area contributed by atoms with Gasteiger partial charge in [-0.15, -0.1) is 0 Å². The van der Waals surface area contributed by atoms with E-state index in [0.29, 0.717) is 29.2 Å². The summed E-state index contributed by atoms with van der Waals surface area (Å²) in [7, 11) is 0. The molecule has 2 N–H and O–H groups in total. The maximum Gasteiger partial charge on any atom is 0.276 e. The summed E-state index contributed by atoms with van der Waals surface area (Å²) >= 11 is 2.16. The zero-order valence-corrected chi connectivity index (χ0v) is 20.7. The summed E-state index contributed by atoms with van der Waals surface area (Å²) in [5.74, 6) is -0.120. The Bertz CT molecular complexity index is 1370. The number of benzene rings is 3. The van der Waals surface area contributed by atoms with Crippen molar-refractivity contribution in [1.82, 2.24) is 15.4 Å². The molecule has 4 aromatic rings. The van der Waals surface area contributed by atoms with Gasteiger partial charge in [-0.2, -0.15) is 0 Å². The van der Waals surface area contributed by atoms with E-state index < -0.39 is 12.1 Å². The largest absolute Gasteiger partial charge is 0.488 e. The molecule has 1 aromatic heterocycles. The van der Waals surface area contributed by atoms with E-state index in [1.165, 1.54) is 17.4 Å². The Morgan fingerprint density at radius 3 is 2.54 bits per heavy atom. The van der Waals surface area contributed by atoms with E-state index in [1.54, 1.807) is 18.2 Å². The molecule has 0 fully saturated rings. The summed E-state index contributed by atoms with van der Waals surface area (Å²) in [5.41, 5.74) is 6.10. The Morgan fingerprint density at radius 2 is 1.74 bits per heavy atom. The Labute approximate surface area is 216 Å². The molecule has 174 valence electrons. The molecule has 3 aromatic carbocycles. The van der Waals surface area contributed by atoms with Crippen LogP contribution in [-0.2, 0) is 6.61 Å². The van der Waals surface area contributed by atoms with Crippen LogP contribution in [0.15, 0.2) is 97.3 Å². The van der Waals surface area contributed by atoms with Crippen molar-refractivity contribution in [2.45, 2.75) is 12.8 Å². The van der Waals surface area contributed by atoms with Gasteiger partial charge in [-0.1, -0.05) is 48.5 Å². The highest BCUT2D eigenvalue weighted by atomic mass is 127. The van der Waals surface area contributed by atoms with E-state index in [0.717, 1.165) is 14.7 Å². The number of nitrogens with zero attached hydrogens (tertiary/aromatic N) is 2. The molecule has 0 spiro atoms. The molecule has 1 aliphatic rings. The van der Waals surface area contributed by atoms with Crippen LogP contribution < -0.4 is 15.5 Å². The van der Waals surface area contributed by atoms with Crippen LogP contribution in [0.1, 0.15) is 38.0 Å². The van der Waals surface area contributed by atoms with E-state index in [4.69, 9.17) is 4.74 Å². The van der Waals surface area contributed by atoms with Crippen molar-refractivity contribution in [2.24, 2.45) is 0 Å². The summed E-state index contributed by atoms with van der Waals surface area (Å²) in [5, 5.41) is 4.74. The van der Waals surface area contributed by atoms with Crippen LogP contribution in [0.3, 0.4) is 0 Å². The first-order valence-electron chi connectivity index (χ1n) is 11.0. The van der Waals surface area contributed by atoms with Gasteiger partial charge >= 0.3 is 0 Å². The Hall–Kier alpha value is -3.92. The Balaban J connectivity index is 1.51. The van der Waals surface area contributed by atoms with Gasteiger partial charge in [0.15, 0.2) is 6.17 Å². The normalized spacial score (nSPS) is 14.6. The molecule has 2 amide bonds. The molecular weight excluding hydrogens is 555 g/mol. The van der Waals surface area contributed by atoms with Gasteiger partial charge in [-0.25, -0.2) is 5.01 Å². The van der Waals surface area contributed by atoms with Crippen LogP contribution in [0, 0.1) is 3.57 Å². The van der Waals surface area contributed by atoms with Crippen molar-refractivity contribution in [1.29, 1.82) is 0 Å². The SMILES string of the molecule is O=C(NN1C(=O)c2cc(I)ccc2NC1c1ccccc1OCc1ccccc1)c1ccncc1. The van der Waals surface area contributed by atoms with Crippen molar-refractivity contribution in [3.8, 4) is 5.75 Å². The zero-order valence-electron chi connectivity index (χ0n) is 18.5. The highest BCUT2D eigenvalue weighted by Gasteiger charge is 2.36. The van der Waals surface area contributed by atoms with Gasteiger partial charge in [-0.3, -0.25) is 20.0 Å². The maximum absolute atomic E-state index is 13.6. The maximum atomic E-state index is 13.6. The smallest absolute Gasteiger partial charge is 0.276 e. The summed E-state index contributed by atoms with van der Waals surface area (Å²) in [6.07, 6.45) is 2.38. The van der Waals surface area contributed by atoms with Gasteiger partial charge in [0.25, 0.3) is 11.8 Å². The second-order valence-electron chi connectivity index (χ2n) is 7.90. The van der Waals surface area contributed by atoms with Crippen LogP contribution in [0.25, 0.3) is 0 Å². The number of hydrazine groups is 1. The van der Waals surface area contributed by atoms with E-state index in [9.17, 15) is 9.59 Å². The zero-order chi connectivity index (χ0) is 24.2. The topological polar surface area (TPSA) is 83.6 Å². The summed E-state index contributed by atoms with van der Waals surface area (Å²) in [6, 6.07) is 26.1. The lowest BCUT2D eigenvalue weighted by atomic mass is 10.0.